The van der Waals surface area contributed by atoms with Gasteiger partial charge in [0.15, 0.2) is 6.10 Å². The van der Waals surface area contributed by atoms with Gasteiger partial charge in [-0.15, -0.1) is 0 Å². The van der Waals surface area contributed by atoms with Crippen LogP contribution >= 0.6 is 7.82 Å². The Morgan fingerprint density at radius 1 is 0.547 bits per heavy atom. The van der Waals surface area contributed by atoms with Crippen molar-refractivity contribution in [2.45, 2.75) is 225 Å². The van der Waals surface area contributed by atoms with Crippen molar-refractivity contribution in [3.63, 3.8) is 0 Å². The number of carbonyl (C=O) groups is 2. The van der Waals surface area contributed by atoms with Gasteiger partial charge >= 0.3 is 19.8 Å². The fraction of sp³-hybridized carbons (Fsp3) is 0.907. The molecule has 0 heterocycles. The summed E-state index contributed by atoms with van der Waals surface area (Å²) in [5, 5.41) is 0. The number of carbonyl (C=O) groups excluding carboxylic acids is 2. The van der Waals surface area contributed by atoms with Gasteiger partial charge in [0.2, 0.25) is 0 Å². The Morgan fingerprint density at radius 2 is 0.925 bits per heavy atom. The Kier molecular flexibility index (Phi) is 39.5. The van der Waals surface area contributed by atoms with E-state index in [1.807, 2.05) is 0 Å². The smallest absolute Gasteiger partial charge is 0.462 e. The van der Waals surface area contributed by atoms with Crippen LogP contribution in [-0.2, 0) is 32.7 Å². The fourth-order valence-corrected chi connectivity index (χ4v) is 7.10. The van der Waals surface area contributed by atoms with Gasteiger partial charge in [-0.3, -0.25) is 18.6 Å². The Balaban J connectivity index is 4.09. The van der Waals surface area contributed by atoms with Crippen LogP contribution in [0, 0.1) is 0 Å². The summed E-state index contributed by atoms with van der Waals surface area (Å²) in [4.78, 5) is 34.8. The van der Waals surface area contributed by atoms with E-state index in [0.717, 1.165) is 51.4 Å². The first kappa shape index (κ1) is 51.8. The Bertz CT molecular complexity index is 886. The van der Waals surface area contributed by atoms with E-state index in [1.54, 1.807) is 0 Å². The topological polar surface area (TPSA) is 134 Å². The van der Waals surface area contributed by atoms with Gasteiger partial charge in [-0.1, -0.05) is 180 Å². The molecule has 10 heteroatoms. The summed E-state index contributed by atoms with van der Waals surface area (Å²) < 4.78 is 32.8. The first-order valence-corrected chi connectivity index (χ1v) is 23.7. The zero-order chi connectivity index (χ0) is 38.9. The van der Waals surface area contributed by atoms with E-state index in [9.17, 15) is 19.0 Å². The highest BCUT2D eigenvalue weighted by atomic mass is 31.2. The molecule has 314 valence electrons. The Hall–Kier alpha value is -1.25. The monoisotopic (exact) mass is 774 g/mol. The lowest BCUT2D eigenvalue weighted by Gasteiger charge is -2.19. The molecule has 3 N–H and O–H groups in total. The molecular formula is C43H84NO8P. The van der Waals surface area contributed by atoms with E-state index in [1.165, 1.54) is 135 Å². The van der Waals surface area contributed by atoms with E-state index in [-0.39, 0.29) is 38.6 Å². The standard InChI is InChI=1S/C43H84NO8P/c1-3-5-7-9-11-13-15-17-18-19-20-21-22-24-26-28-30-32-34-36-43(46)52-41(40-51-53(47,48)50-38-37-44)39-49-42(45)35-33-31-29-27-25-23-16-14-12-10-8-6-4-2/h14,16,41H,3-13,15,17-40,44H2,1-2H3,(H,47,48). The van der Waals surface area contributed by atoms with Crippen LogP contribution in [0.25, 0.3) is 0 Å². The van der Waals surface area contributed by atoms with Gasteiger partial charge in [0.1, 0.15) is 6.61 Å². The molecular weight excluding hydrogens is 689 g/mol. The third kappa shape index (κ3) is 40.2. The molecule has 0 radical (unpaired) electrons. The average molecular weight is 774 g/mol. The number of hydrogen-bond acceptors (Lipinski definition) is 8. The molecule has 0 bridgehead atoms. The van der Waals surface area contributed by atoms with E-state index in [2.05, 4.69) is 26.0 Å². The largest absolute Gasteiger partial charge is 0.472 e. The van der Waals surface area contributed by atoms with Crippen LogP contribution in [-0.4, -0.2) is 49.3 Å². The Labute approximate surface area is 326 Å². The first-order chi connectivity index (χ1) is 25.8. The van der Waals surface area contributed by atoms with Crippen LogP contribution in [0.3, 0.4) is 0 Å². The molecule has 0 aromatic carbocycles. The summed E-state index contributed by atoms with van der Waals surface area (Å²) in [5.41, 5.74) is 5.35. The number of rotatable bonds is 42. The average Bonchev–Trinajstić information content (AvgIpc) is 3.14. The fourth-order valence-electron chi connectivity index (χ4n) is 6.34. The molecule has 0 rings (SSSR count). The van der Waals surface area contributed by atoms with E-state index < -0.39 is 26.5 Å². The SMILES string of the molecule is CCCCCCC=CCCCCCCCC(=O)OCC(COP(=O)(O)OCCN)OC(=O)CCCCCCCCCCCCCCCCCCCCC. The van der Waals surface area contributed by atoms with Gasteiger partial charge in [0, 0.05) is 19.4 Å². The quantitative estimate of drug-likeness (QED) is 0.0269. The van der Waals surface area contributed by atoms with Crippen LogP contribution in [0.15, 0.2) is 12.2 Å². The molecule has 0 aliphatic heterocycles. The molecule has 0 aliphatic rings. The number of unbranched alkanes of at least 4 members (excludes halogenated alkanes) is 27. The molecule has 9 nitrogen and oxygen atoms in total. The number of nitrogens with two attached hydrogens (primary N) is 1. The number of phosphoric acid groups is 1. The molecule has 53 heavy (non-hydrogen) atoms. The maximum Gasteiger partial charge on any atom is 0.472 e. The van der Waals surface area contributed by atoms with Crippen LogP contribution in [0.2, 0.25) is 0 Å². The molecule has 0 saturated carbocycles. The van der Waals surface area contributed by atoms with Gasteiger partial charge in [0.25, 0.3) is 0 Å². The molecule has 0 aromatic heterocycles. The third-order valence-corrected chi connectivity index (χ3v) is 10.6. The summed E-state index contributed by atoms with van der Waals surface area (Å²) in [5.74, 6) is -0.828. The van der Waals surface area contributed by atoms with Crippen molar-refractivity contribution >= 4 is 19.8 Å². The molecule has 0 amide bonds. The molecule has 0 aromatic rings. The molecule has 0 aliphatic carbocycles. The number of hydrogen-bond donors (Lipinski definition) is 2. The van der Waals surface area contributed by atoms with Crippen molar-refractivity contribution in [3.8, 4) is 0 Å². The van der Waals surface area contributed by atoms with Gasteiger partial charge in [-0.05, 0) is 38.5 Å². The number of ether oxygens (including phenoxy) is 2. The normalized spacial score (nSPS) is 13.4. The van der Waals surface area contributed by atoms with Crippen LogP contribution in [0.4, 0.5) is 0 Å². The van der Waals surface area contributed by atoms with Crippen molar-refractivity contribution in [2.75, 3.05) is 26.4 Å². The van der Waals surface area contributed by atoms with Crippen molar-refractivity contribution in [1.82, 2.24) is 0 Å². The summed E-state index contributed by atoms with van der Waals surface area (Å²) in [7, 11) is -4.37. The third-order valence-electron chi connectivity index (χ3n) is 9.65. The number of allylic oxidation sites excluding steroid dienone is 2. The van der Waals surface area contributed by atoms with Gasteiger partial charge < -0.3 is 20.1 Å². The predicted molar refractivity (Wildman–Crippen MR) is 220 cm³/mol. The van der Waals surface area contributed by atoms with E-state index >= 15 is 0 Å². The highest BCUT2D eigenvalue weighted by Gasteiger charge is 2.26. The summed E-state index contributed by atoms with van der Waals surface area (Å²) >= 11 is 0. The van der Waals surface area contributed by atoms with Crippen LogP contribution in [0.1, 0.15) is 219 Å². The lowest BCUT2D eigenvalue weighted by Crippen LogP contribution is -2.29. The lowest BCUT2D eigenvalue weighted by atomic mass is 10.0. The van der Waals surface area contributed by atoms with Crippen molar-refractivity contribution < 1.29 is 37.6 Å². The molecule has 2 unspecified atom stereocenters. The molecule has 2 atom stereocenters. The van der Waals surface area contributed by atoms with Crippen molar-refractivity contribution in [2.24, 2.45) is 5.73 Å². The zero-order valence-corrected chi connectivity index (χ0v) is 35.4. The van der Waals surface area contributed by atoms with Crippen molar-refractivity contribution in [3.05, 3.63) is 12.2 Å². The second-order valence-electron chi connectivity index (χ2n) is 14.9. The highest BCUT2D eigenvalue weighted by molar-refractivity contribution is 7.47. The summed E-state index contributed by atoms with van der Waals surface area (Å²) in [6.07, 6.45) is 41.0. The minimum absolute atomic E-state index is 0.0552. The zero-order valence-electron chi connectivity index (χ0n) is 34.5. The lowest BCUT2D eigenvalue weighted by molar-refractivity contribution is -0.161. The Morgan fingerprint density at radius 3 is 1.36 bits per heavy atom. The van der Waals surface area contributed by atoms with Gasteiger partial charge in [-0.2, -0.15) is 0 Å². The summed E-state index contributed by atoms with van der Waals surface area (Å²) in [6, 6.07) is 0. The minimum atomic E-state index is -4.37. The van der Waals surface area contributed by atoms with Gasteiger partial charge in [0.05, 0.1) is 13.2 Å². The second kappa shape index (κ2) is 40.4. The van der Waals surface area contributed by atoms with Crippen LogP contribution < -0.4 is 5.73 Å². The highest BCUT2D eigenvalue weighted by Crippen LogP contribution is 2.43. The molecule has 0 spiro atoms. The van der Waals surface area contributed by atoms with Crippen molar-refractivity contribution in [1.29, 1.82) is 0 Å². The first-order valence-electron chi connectivity index (χ1n) is 22.2. The van der Waals surface area contributed by atoms with Gasteiger partial charge in [-0.25, -0.2) is 4.57 Å². The molecule has 0 fully saturated rings. The number of esters is 2. The van der Waals surface area contributed by atoms with E-state index in [4.69, 9.17) is 24.3 Å². The number of phosphoric ester groups is 1. The minimum Gasteiger partial charge on any atom is -0.462 e. The van der Waals surface area contributed by atoms with Crippen LogP contribution in [0.5, 0.6) is 0 Å². The second-order valence-corrected chi connectivity index (χ2v) is 16.4. The maximum absolute atomic E-state index is 12.6. The molecule has 0 saturated heterocycles. The predicted octanol–water partition coefficient (Wildman–Crippen LogP) is 12.6. The summed E-state index contributed by atoms with van der Waals surface area (Å²) in [6.45, 7) is 3.74. The van der Waals surface area contributed by atoms with E-state index in [0.29, 0.717) is 6.42 Å². The maximum atomic E-state index is 12.6.